The van der Waals surface area contributed by atoms with E-state index in [2.05, 4.69) is 5.32 Å². The van der Waals surface area contributed by atoms with E-state index < -0.39 is 15.8 Å². The molecule has 0 aliphatic carbocycles. The van der Waals surface area contributed by atoms with Crippen LogP contribution in [-0.4, -0.2) is 45.9 Å². The Kier molecular flexibility index (Phi) is 7.17. The number of sulfonamides is 1. The van der Waals surface area contributed by atoms with E-state index in [9.17, 15) is 17.6 Å². The minimum atomic E-state index is -3.93. The van der Waals surface area contributed by atoms with Crippen molar-refractivity contribution in [3.63, 3.8) is 0 Å². The summed E-state index contributed by atoms with van der Waals surface area (Å²) in [6, 6.07) is 10.6. The largest absolute Gasteiger partial charge is 0.496 e. The van der Waals surface area contributed by atoms with Crippen LogP contribution < -0.4 is 14.8 Å². The number of rotatable bonds is 7. The van der Waals surface area contributed by atoms with Crippen molar-refractivity contribution in [3.05, 3.63) is 53.8 Å². The van der Waals surface area contributed by atoms with Gasteiger partial charge in [-0.25, -0.2) is 12.8 Å². The first-order valence-electron chi connectivity index (χ1n) is 10.0. The van der Waals surface area contributed by atoms with Crippen molar-refractivity contribution in [2.45, 2.75) is 30.7 Å². The molecular formula is C22H27FN2O5S. The van der Waals surface area contributed by atoms with E-state index >= 15 is 0 Å². The fourth-order valence-corrected chi connectivity index (χ4v) is 5.42. The summed E-state index contributed by atoms with van der Waals surface area (Å²) >= 11 is 0. The van der Waals surface area contributed by atoms with Gasteiger partial charge >= 0.3 is 0 Å². The van der Waals surface area contributed by atoms with Crippen LogP contribution in [0.4, 0.5) is 4.39 Å². The lowest BCUT2D eigenvalue weighted by molar-refractivity contribution is -0.126. The Morgan fingerprint density at radius 2 is 1.74 bits per heavy atom. The van der Waals surface area contributed by atoms with Crippen molar-refractivity contribution in [3.8, 4) is 11.5 Å². The minimum absolute atomic E-state index is 0.0897. The molecule has 3 rings (SSSR count). The lowest BCUT2D eigenvalue weighted by atomic mass is 9.96. The van der Waals surface area contributed by atoms with Crippen LogP contribution in [0.2, 0.25) is 0 Å². The van der Waals surface area contributed by atoms with Gasteiger partial charge < -0.3 is 14.8 Å². The molecule has 7 nitrogen and oxygen atoms in total. The average Bonchev–Trinajstić information content (AvgIpc) is 2.79. The Hall–Kier alpha value is -2.65. The van der Waals surface area contributed by atoms with Gasteiger partial charge in [0.05, 0.1) is 20.3 Å². The van der Waals surface area contributed by atoms with E-state index in [0.29, 0.717) is 18.6 Å². The fraction of sp³-hybridized carbons (Fsp3) is 0.409. The normalized spacial score (nSPS) is 16.5. The van der Waals surface area contributed by atoms with Gasteiger partial charge in [-0.05, 0) is 44.0 Å². The Bertz CT molecular complexity index is 1040. The number of halogens is 1. The Balaban J connectivity index is 1.65. The molecule has 1 unspecified atom stereocenters. The standard InChI is InChI=1S/C22H27FN2O5S/c1-15(18-6-4-5-7-19(18)29-2)24-22(26)16-10-12-25(13-11-16)31(27,28)21-14-17(23)8-9-20(21)30-3/h4-9,14-16H,10-13H2,1-3H3,(H,24,26). The highest BCUT2D eigenvalue weighted by molar-refractivity contribution is 7.89. The molecule has 0 bridgehead atoms. The SMILES string of the molecule is COc1ccccc1C(C)NC(=O)C1CCN(S(=O)(=O)c2cc(F)ccc2OC)CC1. The van der Waals surface area contributed by atoms with Crippen LogP contribution in [0.5, 0.6) is 11.5 Å². The molecule has 1 N–H and O–H groups in total. The van der Waals surface area contributed by atoms with Gasteiger partial charge in [0, 0.05) is 24.6 Å². The molecule has 0 spiro atoms. The molecule has 31 heavy (non-hydrogen) atoms. The lowest BCUT2D eigenvalue weighted by Crippen LogP contribution is -2.43. The number of methoxy groups -OCH3 is 2. The van der Waals surface area contributed by atoms with Crippen LogP contribution >= 0.6 is 0 Å². The number of nitrogens with zero attached hydrogens (tertiary/aromatic N) is 1. The second-order valence-corrected chi connectivity index (χ2v) is 9.35. The van der Waals surface area contributed by atoms with Gasteiger partial charge in [-0.2, -0.15) is 4.31 Å². The van der Waals surface area contributed by atoms with Gasteiger partial charge in [-0.1, -0.05) is 18.2 Å². The number of carbonyl (C=O) groups is 1. The molecule has 0 radical (unpaired) electrons. The number of carbonyl (C=O) groups excluding carboxylic acids is 1. The zero-order valence-corrected chi connectivity index (χ0v) is 18.6. The number of nitrogens with one attached hydrogen (secondary N) is 1. The summed E-state index contributed by atoms with van der Waals surface area (Å²) < 4.78 is 51.4. The summed E-state index contributed by atoms with van der Waals surface area (Å²) in [5.41, 5.74) is 0.872. The van der Waals surface area contributed by atoms with Gasteiger partial charge in [-0.3, -0.25) is 4.79 Å². The lowest BCUT2D eigenvalue weighted by Gasteiger charge is -2.31. The fourth-order valence-electron chi connectivity index (χ4n) is 3.78. The molecule has 1 aliphatic heterocycles. The minimum Gasteiger partial charge on any atom is -0.496 e. The highest BCUT2D eigenvalue weighted by Gasteiger charge is 2.34. The van der Waals surface area contributed by atoms with Gasteiger partial charge in [0.25, 0.3) is 0 Å². The number of para-hydroxylation sites is 1. The monoisotopic (exact) mass is 450 g/mol. The summed E-state index contributed by atoms with van der Waals surface area (Å²) in [6.45, 7) is 2.22. The van der Waals surface area contributed by atoms with Crippen molar-refractivity contribution < 1.29 is 27.1 Å². The second-order valence-electron chi connectivity index (χ2n) is 7.45. The van der Waals surface area contributed by atoms with Crippen LogP contribution in [0.15, 0.2) is 47.4 Å². The molecule has 1 aliphatic rings. The summed E-state index contributed by atoms with van der Waals surface area (Å²) in [5.74, 6) is -0.303. The van der Waals surface area contributed by atoms with E-state index in [1.54, 1.807) is 7.11 Å². The number of hydrogen-bond acceptors (Lipinski definition) is 5. The number of amides is 1. The number of ether oxygens (including phenoxy) is 2. The van der Waals surface area contributed by atoms with Crippen molar-refractivity contribution in [1.82, 2.24) is 9.62 Å². The Morgan fingerprint density at radius 3 is 2.39 bits per heavy atom. The zero-order chi connectivity index (χ0) is 22.6. The molecule has 168 valence electrons. The number of piperidine rings is 1. The first-order valence-corrected chi connectivity index (χ1v) is 11.5. The summed E-state index contributed by atoms with van der Waals surface area (Å²) in [4.78, 5) is 12.6. The molecular weight excluding hydrogens is 423 g/mol. The molecule has 1 amide bonds. The molecule has 9 heteroatoms. The first kappa shape index (κ1) is 23.0. The van der Waals surface area contributed by atoms with Gasteiger partial charge in [0.2, 0.25) is 15.9 Å². The molecule has 0 aromatic heterocycles. The van der Waals surface area contributed by atoms with Gasteiger partial charge in [-0.15, -0.1) is 0 Å². The third-order valence-corrected chi connectivity index (χ3v) is 7.45. The third-order valence-electron chi connectivity index (χ3n) is 5.53. The zero-order valence-electron chi connectivity index (χ0n) is 17.8. The van der Waals surface area contributed by atoms with Crippen molar-refractivity contribution in [2.75, 3.05) is 27.3 Å². The van der Waals surface area contributed by atoms with E-state index in [1.807, 2.05) is 31.2 Å². The maximum Gasteiger partial charge on any atom is 0.246 e. The van der Waals surface area contributed by atoms with Crippen LogP contribution in [0.25, 0.3) is 0 Å². The van der Waals surface area contributed by atoms with Gasteiger partial charge in [0.1, 0.15) is 22.2 Å². The van der Waals surface area contributed by atoms with Crippen molar-refractivity contribution in [1.29, 1.82) is 0 Å². The van der Waals surface area contributed by atoms with E-state index in [4.69, 9.17) is 9.47 Å². The highest BCUT2D eigenvalue weighted by Crippen LogP contribution is 2.31. The van der Waals surface area contributed by atoms with E-state index in [1.165, 1.54) is 17.5 Å². The summed E-state index contributed by atoms with van der Waals surface area (Å²) in [5, 5.41) is 3.00. The predicted octanol–water partition coefficient (Wildman–Crippen LogP) is 3.12. The predicted molar refractivity (Wildman–Crippen MR) is 114 cm³/mol. The van der Waals surface area contributed by atoms with E-state index in [-0.39, 0.29) is 41.6 Å². The Labute approximate surface area is 182 Å². The van der Waals surface area contributed by atoms with Crippen LogP contribution in [0, 0.1) is 11.7 Å². The highest BCUT2D eigenvalue weighted by atomic mass is 32.2. The average molecular weight is 451 g/mol. The molecule has 2 aromatic rings. The maximum absolute atomic E-state index is 13.7. The number of hydrogen-bond donors (Lipinski definition) is 1. The molecule has 2 aromatic carbocycles. The summed E-state index contributed by atoms with van der Waals surface area (Å²) in [6.07, 6.45) is 0.753. The van der Waals surface area contributed by atoms with Crippen molar-refractivity contribution >= 4 is 15.9 Å². The molecule has 1 atom stereocenters. The summed E-state index contributed by atoms with van der Waals surface area (Å²) in [7, 11) is -1.01. The first-order chi connectivity index (χ1) is 14.8. The van der Waals surface area contributed by atoms with Gasteiger partial charge in [0.15, 0.2) is 0 Å². The molecule has 1 heterocycles. The third kappa shape index (κ3) is 4.99. The van der Waals surface area contributed by atoms with Crippen LogP contribution in [-0.2, 0) is 14.8 Å². The van der Waals surface area contributed by atoms with Crippen LogP contribution in [0.1, 0.15) is 31.4 Å². The van der Waals surface area contributed by atoms with E-state index in [0.717, 1.165) is 17.7 Å². The second kappa shape index (κ2) is 9.65. The number of benzene rings is 2. The maximum atomic E-state index is 13.7. The topological polar surface area (TPSA) is 84.9 Å². The van der Waals surface area contributed by atoms with Crippen molar-refractivity contribution in [2.24, 2.45) is 5.92 Å². The quantitative estimate of drug-likeness (QED) is 0.701. The molecule has 1 fully saturated rings. The Morgan fingerprint density at radius 1 is 1.10 bits per heavy atom. The molecule has 0 saturated carbocycles. The molecule has 1 saturated heterocycles. The smallest absolute Gasteiger partial charge is 0.246 e. The van der Waals surface area contributed by atoms with Crippen LogP contribution in [0.3, 0.4) is 0 Å².